The third-order valence-electron chi connectivity index (χ3n) is 6.10. The molecule has 0 spiro atoms. The Morgan fingerprint density at radius 3 is 2.42 bits per heavy atom. The highest BCUT2D eigenvalue weighted by Gasteiger charge is 2.16. The van der Waals surface area contributed by atoms with Crippen LogP contribution in [-0.2, 0) is 22.5 Å². The Labute approximate surface area is 221 Å². The fourth-order valence-corrected chi connectivity index (χ4v) is 3.87. The van der Waals surface area contributed by atoms with E-state index in [1.54, 1.807) is 24.3 Å². The van der Waals surface area contributed by atoms with Crippen LogP contribution >= 0.6 is 0 Å². The van der Waals surface area contributed by atoms with Gasteiger partial charge in [-0.1, -0.05) is 29.4 Å². The number of rotatable bonds is 11. The number of anilines is 1. The number of carbonyl (C=O) groups excluding carboxylic acids is 1. The SMILES string of the molecule is COC(=O)CCc1c(C)noc1-c1ccc(NCc2ccc(OCC(=N)c3ccc(C#N)cc3)cc2)cc1. The maximum Gasteiger partial charge on any atom is 0.305 e. The molecule has 38 heavy (non-hydrogen) atoms. The fraction of sp³-hybridized carbons (Fsp3) is 0.200. The van der Waals surface area contributed by atoms with Crippen molar-refractivity contribution in [2.75, 3.05) is 19.0 Å². The van der Waals surface area contributed by atoms with Crippen molar-refractivity contribution in [1.82, 2.24) is 5.16 Å². The van der Waals surface area contributed by atoms with E-state index in [0.717, 1.165) is 33.6 Å². The van der Waals surface area contributed by atoms with Crippen molar-refractivity contribution >= 4 is 17.4 Å². The van der Waals surface area contributed by atoms with Gasteiger partial charge in [-0.2, -0.15) is 5.26 Å². The van der Waals surface area contributed by atoms with E-state index in [-0.39, 0.29) is 19.0 Å². The van der Waals surface area contributed by atoms with Gasteiger partial charge in [0.25, 0.3) is 0 Å². The van der Waals surface area contributed by atoms with Crippen LogP contribution in [-0.4, -0.2) is 30.6 Å². The summed E-state index contributed by atoms with van der Waals surface area (Å²) in [5.41, 5.74) is 6.25. The third-order valence-corrected chi connectivity index (χ3v) is 6.10. The van der Waals surface area contributed by atoms with Crippen molar-refractivity contribution in [3.8, 4) is 23.1 Å². The first kappa shape index (κ1) is 26.2. The lowest BCUT2D eigenvalue weighted by molar-refractivity contribution is -0.140. The zero-order chi connectivity index (χ0) is 26.9. The number of nitriles is 1. The lowest BCUT2D eigenvalue weighted by Gasteiger charge is -2.10. The van der Waals surface area contributed by atoms with Crippen LogP contribution in [0.15, 0.2) is 77.3 Å². The van der Waals surface area contributed by atoms with Crippen LogP contribution in [0.2, 0.25) is 0 Å². The Hall–Kier alpha value is -4.90. The van der Waals surface area contributed by atoms with Crippen LogP contribution in [0.3, 0.4) is 0 Å². The lowest BCUT2D eigenvalue weighted by atomic mass is 10.0. The van der Waals surface area contributed by atoms with E-state index < -0.39 is 0 Å². The Morgan fingerprint density at radius 1 is 1.05 bits per heavy atom. The first-order chi connectivity index (χ1) is 18.5. The summed E-state index contributed by atoms with van der Waals surface area (Å²) in [6.07, 6.45) is 0.780. The van der Waals surface area contributed by atoms with Crippen molar-refractivity contribution in [3.05, 3.63) is 101 Å². The molecule has 192 valence electrons. The Bertz CT molecular complexity index is 1430. The van der Waals surface area contributed by atoms with Gasteiger partial charge in [0.15, 0.2) is 5.76 Å². The molecule has 0 bridgehead atoms. The predicted octanol–water partition coefficient (Wildman–Crippen LogP) is 5.69. The summed E-state index contributed by atoms with van der Waals surface area (Å²) in [6.45, 7) is 2.64. The van der Waals surface area contributed by atoms with Crippen molar-refractivity contribution in [2.45, 2.75) is 26.3 Å². The molecule has 1 aromatic heterocycles. The van der Waals surface area contributed by atoms with Gasteiger partial charge in [0, 0.05) is 29.8 Å². The van der Waals surface area contributed by atoms with Crippen LogP contribution in [0.25, 0.3) is 11.3 Å². The van der Waals surface area contributed by atoms with Crippen LogP contribution < -0.4 is 10.1 Å². The summed E-state index contributed by atoms with van der Waals surface area (Å²) >= 11 is 0. The van der Waals surface area contributed by atoms with Crippen molar-refractivity contribution in [3.63, 3.8) is 0 Å². The van der Waals surface area contributed by atoms with E-state index in [2.05, 4.69) is 16.5 Å². The largest absolute Gasteiger partial charge is 0.487 e. The van der Waals surface area contributed by atoms with E-state index in [1.165, 1.54) is 7.11 Å². The Kier molecular flexibility index (Phi) is 8.52. The monoisotopic (exact) mass is 508 g/mol. The van der Waals surface area contributed by atoms with E-state index in [1.807, 2.05) is 55.5 Å². The average Bonchev–Trinajstić information content (AvgIpc) is 3.34. The molecule has 0 amide bonds. The van der Waals surface area contributed by atoms with Gasteiger partial charge in [0.05, 0.1) is 30.1 Å². The smallest absolute Gasteiger partial charge is 0.305 e. The van der Waals surface area contributed by atoms with Crippen molar-refractivity contribution in [2.24, 2.45) is 0 Å². The molecule has 2 N–H and O–H groups in total. The zero-order valence-electron chi connectivity index (χ0n) is 21.3. The molecule has 3 aromatic carbocycles. The van der Waals surface area contributed by atoms with E-state index in [0.29, 0.717) is 35.8 Å². The van der Waals surface area contributed by atoms with Gasteiger partial charge < -0.3 is 24.7 Å². The van der Waals surface area contributed by atoms with Crippen LogP contribution in [0, 0.1) is 23.7 Å². The van der Waals surface area contributed by atoms with E-state index >= 15 is 0 Å². The van der Waals surface area contributed by atoms with E-state index in [9.17, 15) is 4.79 Å². The zero-order valence-corrected chi connectivity index (χ0v) is 21.3. The first-order valence-electron chi connectivity index (χ1n) is 12.1. The molecule has 8 heteroatoms. The summed E-state index contributed by atoms with van der Waals surface area (Å²) in [7, 11) is 1.38. The van der Waals surface area contributed by atoms with Crippen molar-refractivity contribution < 1.29 is 18.8 Å². The molecule has 4 aromatic rings. The summed E-state index contributed by atoms with van der Waals surface area (Å²) < 4.78 is 16.0. The summed E-state index contributed by atoms with van der Waals surface area (Å²) in [6, 6.07) is 24.6. The standard InChI is InChI=1S/C30H28N4O4/c1-20-27(15-16-29(35)36-2)30(38-34-20)24-9-11-25(12-10-24)33-18-22-5-13-26(14-6-22)37-19-28(32)23-7-3-21(17-31)4-8-23/h3-14,32-33H,15-16,18-19H2,1-2H3. The van der Waals surface area contributed by atoms with Gasteiger partial charge in [-0.05, 0) is 73.0 Å². The fourth-order valence-electron chi connectivity index (χ4n) is 3.87. The molecule has 0 aliphatic carbocycles. The number of nitrogens with one attached hydrogen (secondary N) is 2. The maximum atomic E-state index is 11.5. The predicted molar refractivity (Wildman–Crippen MR) is 144 cm³/mol. The Balaban J connectivity index is 1.29. The molecule has 0 aliphatic heterocycles. The summed E-state index contributed by atoms with van der Waals surface area (Å²) in [5, 5.41) is 24.6. The highest BCUT2D eigenvalue weighted by atomic mass is 16.5. The number of nitrogens with zero attached hydrogens (tertiary/aromatic N) is 2. The number of benzene rings is 3. The van der Waals surface area contributed by atoms with Crippen LogP contribution in [0.1, 0.15) is 34.4 Å². The second-order valence-corrected chi connectivity index (χ2v) is 8.68. The molecule has 1 heterocycles. The maximum absolute atomic E-state index is 11.5. The normalized spacial score (nSPS) is 10.4. The van der Waals surface area contributed by atoms with Crippen molar-refractivity contribution in [1.29, 1.82) is 10.7 Å². The number of ether oxygens (including phenoxy) is 2. The third kappa shape index (κ3) is 6.65. The number of esters is 1. The second kappa shape index (κ2) is 12.4. The molecule has 0 saturated heterocycles. The number of methoxy groups -OCH3 is 1. The van der Waals surface area contributed by atoms with Crippen LogP contribution in [0.5, 0.6) is 5.75 Å². The molecule has 0 fully saturated rings. The molecule has 0 aliphatic rings. The number of hydrogen-bond acceptors (Lipinski definition) is 8. The number of aryl methyl sites for hydroxylation is 1. The minimum absolute atomic E-state index is 0.144. The molecule has 0 unspecified atom stereocenters. The number of carbonyl (C=O) groups is 1. The number of aromatic nitrogens is 1. The minimum atomic E-state index is -0.265. The highest BCUT2D eigenvalue weighted by Crippen LogP contribution is 2.28. The number of hydrogen-bond donors (Lipinski definition) is 2. The highest BCUT2D eigenvalue weighted by molar-refractivity contribution is 5.99. The average molecular weight is 509 g/mol. The molecular formula is C30H28N4O4. The second-order valence-electron chi connectivity index (χ2n) is 8.68. The van der Waals surface area contributed by atoms with Gasteiger partial charge in [-0.25, -0.2) is 0 Å². The molecule has 4 rings (SSSR count). The lowest BCUT2D eigenvalue weighted by Crippen LogP contribution is -2.11. The first-order valence-corrected chi connectivity index (χ1v) is 12.1. The molecule has 0 atom stereocenters. The summed E-state index contributed by atoms with van der Waals surface area (Å²) in [5.74, 6) is 1.08. The topological polar surface area (TPSA) is 121 Å². The molecular weight excluding hydrogens is 480 g/mol. The van der Waals surface area contributed by atoms with Crippen LogP contribution in [0.4, 0.5) is 5.69 Å². The van der Waals surface area contributed by atoms with Gasteiger partial charge in [-0.15, -0.1) is 0 Å². The Morgan fingerprint density at radius 2 is 1.76 bits per heavy atom. The van der Waals surface area contributed by atoms with Gasteiger partial charge in [0.1, 0.15) is 12.4 Å². The molecule has 8 nitrogen and oxygen atoms in total. The van der Waals surface area contributed by atoms with Gasteiger partial charge in [-0.3, -0.25) is 4.79 Å². The van der Waals surface area contributed by atoms with Gasteiger partial charge in [0.2, 0.25) is 0 Å². The molecule has 0 radical (unpaired) electrons. The van der Waals surface area contributed by atoms with E-state index in [4.69, 9.17) is 24.7 Å². The van der Waals surface area contributed by atoms with Gasteiger partial charge >= 0.3 is 5.97 Å². The quantitative estimate of drug-likeness (QED) is 0.197. The minimum Gasteiger partial charge on any atom is -0.487 e. The molecule has 0 saturated carbocycles. The summed E-state index contributed by atoms with van der Waals surface area (Å²) in [4.78, 5) is 11.5.